The van der Waals surface area contributed by atoms with Crippen molar-refractivity contribution in [3.63, 3.8) is 0 Å². The molecule has 29 heavy (non-hydrogen) atoms. The van der Waals surface area contributed by atoms with Crippen LogP contribution in [0.2, 0.25) is 5.02 Å². The van der Waals surface area contributed by atoms with Gasteiger partial charge in [0.1, 0.15) is 11.6 Å². The first-order valence-electron chi connectivity index (χ1n) is 9.37. The highest BCUT2D eigenvalue weighted by molar-refractivity contribution is 6.33. The predicted molar refractivity (Wildman–Crippen MR) is 112 cm³/mol. The highest BCUT2D eigenvalue weighted by Gasteiger charge is 2.24. The summed E-state index contributed by atoms with van der Waals surface area (Å²) in [5, 5.41) is 3.55. The first kappa shape index (κ1) is 22.8. The summed E-state index contributed by atoms with van der Waals surface area (Å²) < 4.78 is 10.3. The van der Waals surface area contributed by atoms with Crippen molar-refractivity contribution in [2.75, 3.05) is 7.11 Å². The third-order valence-electron chi connectivity index (χ3n) is 4.19. The number of aromatic nitrogens is 1. The van der Waals surface area contributed by atoms with E-state index in [1.165, 1.54) is 7.11 Å². The van der Waals surface area contributed by atoms with E-state index < -0.39 is 17.6 Å². The third kappa shape index (κ3) is 6.84. The number of carbonyl (C=O) groups is 2. The molecule has 6 nitrogen and oxygen atoms in total. The number of methoxy groups -OCH3 is 1. The molecule has 2 aromatic rings. The molecule has 0 aliphatic heterocycles. The number of pyridine rings is 1. The molecule has 1 unspecified atom stereocenters. The number of hydrogen-bond donors (Lipinski definition) is 1. The van der Waals surface area contributed by atoms with E-state index in [4.69, 9.17) is 21.1 Å². The molecule has 0 spiro atoms. The van der Waals surface area contributed by atoms with Crippen molar-refractivity contribution in [2.24, 2.45) is 0 Å². The van der Waals surface area contributed by atoms with E-state index in [2.05, 4.69) is 10.3 Å². The minimum absolute atomic E-state index is 0.215. The maximum Gasteiger partial charge on any atom is 0.340 e. The van der Waals surface area contributed by atoms with Gasteiger partial charge < -0.3 is 9.47 Å². The van der Waals surface area contributed by atoms with Crippen LogP contribution in [-0.4, -0.2) is 35.7 Å². The van der Waals surface area contributed by atoms with Crippen molar-refractivity contribution in [1.82, 2.24) is 10.3 Å². The minimum atomic E-state index is -0.604. The largest absolute Gasteiger partial charge is 0.468 e. The molecule has 0 bridgehead atoms. The number of carbonyl (C=O) groups excluding carboxylic acids is 2. The summed E-state index contributed by atoms with van der Waals surface area (Å²) in [5.74, 6) is -0.851. The van der Waals surface area contributed by atoms with E-state index in [0.717, 1.165) is 11.3 Å². The SMILES string of the molecule is COC(=O)[C@@H](Cc1ccccn1)NC(C)c1ccc(C(=O)OC(C)(C)C)c(Cl)c1. The van der Waals surface area contributed by atoms with Crippen molar-refractivity contribution in [1.29, 1.82) is 0 Å². The number of nitrogens with one attached hydrogen (secondary N) is 1. The van der Waals surface area contributed by atoms with Gasteiger partial charge in [0.25, 0.3) is 0 Å². The second-order valence-electron chi connectivity index (χ2n) is 7.73. The molecule has 1 aromatic heterocycles. The molecule has 1 aromatic carbocycles. The Balaban J connectivity index is 2.15. The third-order valence-corrected chi connectivity index (χ3v) is 4.50. The van der Waals surface area contributed by atoms with E-state index in [1.54, 1.807) is 45.2 Å². The molecule has 0 saturated heterocycles. The first-order chi connectivity index (χ1) is 13.6. The van der Waals surface area contributed by atoms with Gasteiger partial charge in [-0.2, -0.15) is 0 Å². The number of esters is 2. The zero-order valence-corrected chi connectivity index (χ0v) is 18.1. The topological polar surface area (TPSA) is 77.5 Å². The van der Waals surface area contributed by atoms with Gasteiger partial charge in [-0.05, 0) is 57.5 Å². The van der Waals surface area contributed by atoms with Crippen molar-refractivity contribution in [3.05, 3.63) is 64.4 Å². The van der Waals surface area contributed by atoms with Crippen LogP contribution in [0.4, 0.5) is 0 Å². The Bertz CT molecular complexity index is 850. The van der Waals surface area contributed by atoms with Gasteiger partial charge in [-0.15, -0.1) is 0 Å². The van der Waals surface area contributed by atoms with Gasteiger partial charge in [0.15, 0.2) is 0 Å². The number of halogens is 1. The van der Waals surface area contributed by atoms with E-state index in [-0.39, 0.29) is 12.0 Å². The molecule has 0 aliphatic rings. The van der Waals surface area contributed by atoms with Gasteiger partial charge in [-0.3, -0.25) is 15.1 Å². The molecular formula is C22H27ClN2O4. The predicted octanol–water partition coefficient (Wildman–Crippen LogP) is 4.13. The van der Waals surface area contributed by atoms with Gasteiger partial charge in [0, 0.05) is 24.4 Å². The normalized spacial score (nSPS) is 13.4. The Morgan fingerprint density at radius 2 is 1.93 bits per heavy atom. The maximum atomic E-state index is 12.3. The van der Waals surface area contributed by atoms with Crippen LogP contribution >= 0.6 is 11.6 Å². The Morgan fingerprint density at radius 3 is 2.48 bits per heavy atom. The van der Waals surface area contributed by atoms with E-state index >= 15 is 0 Å². The number of rotatable bonds is 7. The summed E-state index contributed by atoms with van der Waals surface area (Å²) in [4.78, 5) is 28.8. The van der Waals surface area contributed by atoms with E-state index in [0.29, 0.717) is 17.0 Å². The number of benzene rings is 1. The molecule has 0 amide bonds. The Kier molecular flexibility index (Phi) is 7.76. The van der Waals surface area contributed by atoms with Crippen LogP contribution in [0.3, 0.4) is 0 Å². The summed E-state index contributed by atoms with van der Waals surface area (Å²) in [5.41, 5.74) is 1.31. The highest BCUT2D eigenvalue weighted by atomic mass is 35.5. The second kappa shape index (κ2) is 9.85. The average molecular weight is 419 g/mol. The first-order valence-corrected chi connectivity index (χ1v) is 9.75. The monoisotopic (exact) mass is 418 g/mol. The zero-order valence-electron chi connectivity index (χ0n) is 17.4. The van der Waals surface area contributed by atoms with Gasteiger partial charge in [-0.1, -0.05) is 23.7 Å². The van der Waals surface area contributed by atoms with E-state index in [1.807, 2.05) is 25.1 Å². The summed E-state index contributed by atoms with van der Waals surface area (Å²) >= 11 is 6.32. The standard InChI is InChI=1S/C22H27ClN2O4/c1-14(25-19(21(27)28-5)13-16-8-6-7-11-24-16)15-9-10-17(18(23)12-15)20(26)29-22(2,3)4/h6-12,14,19,25H,13H2,1-5H3/t14?,19-/m1/s1. The summed E-state index contributed by atoms with van der Waals surface area (Å²) in [6.07, 6.45) is 2.07. The molecule has 0 radical (unpaired) electrons. The fourth-order valence-corrected chi connectivity index (χ4v) is 3.04. The molecule has 7 heteroatoms. The second-order valence-corrected chi connectivity index (χ2v) is 8.14. The number of ether oxygens (including phenoxy) is 2. The molecule has 0 aliphatic carbocycles. The molecule has 1 N–H and O–H groups in total. The maximum absolute atomic E-state index is 12.3. The highest BCUT2D eigenvalue weighted by Crippen LogP contribution is 2.24. The molecule has 2 rings (SSSR count). The van der Waals surface area contributed by atoms with Gasteiger partial charge in [0.05, 0.1) is 17.7 Å². The van der Waals surface area contributed by atoms with Crippen LogP contribution in [0.15, 0.2) is 42.6 Å². The lowest BCUT2D eigenvalue weighted by molar-refractivity contribution is -0.143. The van der Waals surface area contributed by atoms with Crippen LogP contribution in [0.1, 0.15) is 55.4 Å². The van der Waals surface area contributed by atoms with Crippen molar-refractivity contribution in [2.45, 2.75) is 51.8 Å². The van der Waals surface area contributed by atoms with Crippen molar-refractivity contribution in [3.8, 4) is 0 Å². The van der Waals surface area contributed by atoms with E-state index in [9.17, 15) is 9.59 Å². The summed E-state index contributed by atoms with van der Waals surface area (Å²) in [7, 11) is 1.35. The zero-order chi connectivity index (χ0) is 21.6. The number of hydrogen-bond acceptors (Lipinski definition) is 6. The minimum Gasteiger partial charge on any atom is -0.468 e. The van der Waals surface area contributed by atoms with Crippen LogP contribution < -0.4 is 5.32 Å². The Morgan fingerprint density at radius 1 is 1.21 bits per heavy atom. The van der Waals surface area contributed by atoms with Crippen LogP contribution in [0, 0.1) is 0 Å². The van der Waals surface area contributed by atoms with Gasteiger partial charge in [-0.25, -0.2) is 4.79 Å². The fourth-order valence-electron chi connectivity index (χ4n) is 2.78. The number of nitrogens with zero attached hydrogens (tertiary/aromatic N) is 1. The summed E-state index contributed by atoms with van der Waals surface area (Å²) in [6, 6.07) is 9.88. The summed E-state index contributed by atoms with van der Waals surface area (Å²) in [6.45, 7) is 7.31. The van der Waals surface area contributed by atoms with Crippen LogP contribution in [0.5, 0.6) is 0 Å². The molecular weight excluding hydrogens is 392 g/mol. The fraction of sp³-hybridized carbons (Fsp3) is 0.409. The lowest BCUT2D eigenvalue weighted by Gasteiger charge is -2.23. The van der Waals surface area contributed by atoms with Crippen molar-refractivity contribution < 1.29 is 19.1 Å². The quantitative estimate of drug-likeness (QED) is 0.681. The van der Waals surface area contributed by atoms with Crippen molar-refractivity contribution >= 4 is 23.5 Å². The molecule has 2 atom stereocenters. The lowest BCUT2D eigenvalue weighted by atomic mass is 10.0. The average Bonchev–Trinajstić information content (AvgIpc) is 2.66. The smallest absolute Gasteiger partial charge is 0.340 e. The molecule has 0 fully saturated rings. The van der Waals surface area contributed by atoms with Gasteiger partial charge in [0.2, 0.25) is 0 Å². The van der Waals surface area contributed by atoms with Crippen LogP contribution in [-0.2, 0) is 20.7 Å². The Hall–Kier alpha value is -2.44. The molecule has 156 valence electrons. The van der Waals surface area contributed by atoms with Gasteiger partial charge >= 0.3 is 11.9 Å². The lowest BCUT2D eigenvalue weighted by Crippen LogP contribution is -2.41. The van der Waals surface area contributed by atoms with Crippen LogP contribution in [0.25, 0.3) is 0 Å². The molecule has 0 saturated carbocycles. The molecule has 1 heterocycles. The Labute approximate surface area is 176 Å².